The van der Waals surface area contributed by atoms with Gasteiger partial charge < -0.3 is 18.6 Å². The Morgan fingerprint density at radius 2 is 0.896 bits per heavy atom. The lowest BCUT2D eigenvalue weighted by atomic mass is 9.86. The molecule has 0 aliphatic heterocycles. The van der Waals surface area contributed by atoms with Gasteiger partial charge in [0.1, 0.15) is 11.2 Å². The fraction of sp³-hybridized carbons (Fsp3) is 0.175. The number of hydrogen-bond donors (Lipinski definition) is 0. The van der Waals surface area contributed by atoms with Crippen LogP contribution in [-0.4, -0.2) is 6.04 Å². The first-order valence-corrected chi connectivity index (χ1v) is 23.6. The first kappa shape index (κ1) is 40.9. The summed E-state index contributed by atoms with van der Waals surface area (Å²) in [6, 6.07) is 53.5. The number of nitrogens with zero attached hydrogens (tertiary/aromatic N) is 2. The number of anilines is 5. The topological polar surface area (TPSA) is 32.8 Å². The van der Waals surface area contributed by atoms with Gasteiger partial charge in [-0.1, -0.05) is 187 Å². The van der Waals surface area contributed by atoms with Gasteiger partial charge in [0.05, 0.1) is 28.8 Å². The Morgan fingerprint density at radius 1 is 0.403 bits per heavy atom. The van der Waals surface area contributed by atoms with Crippen LogP contribution in [0.5, 0.6) is 0 Å². The Hall–Kier alpha value is -7.56. The van der Waals surface area contributed by atoms with Crippen molar-refractivity contribution >= 4 is 105 Å². The van der Waals surface area contributed by atoms with Crippen LogP contribution in [0.15, 0.2) is 190 Å². The average Bonchev–Trinajstić information content (AvgIpc) is 3.83. The molecule has 1 aliphatic rings. The largest absolute Gasteiger partial charge is 0.454 e. The molecule has 1 atom stereocenters. The molecule has 0 saturated carbocycles. The second-order valence-electron chi connectivity index (χ2n) is 20.6. The predicted octanol–water partition coefficient (Wildman–Crippen LogP) is 18.3. The van der Waals surface area contributed by atoms with Gasteiger partial charge in [-0.2, -0.15) is 0 Å². The van der Waals surface area contributed by atoms with Crippen molar-refractivity contribution in [3.8, 4) is 0 Å². The molecule has 0 fully saturated rings. The molecular formula is C63H54N2O2. The molecule has 12 rings (SSSR count). The standard InChI is InChI=1S/C63H54N2O2/c1-38-18-10-9-11-26-50(38)64(54-28-16-22-44-42-20-14-24-48(62(3,4)5)58(42)66-60(44)54)52-36-32-40-31-35-47-53(37-33-41-30-34-46(52)56(40)57(41)47)65(51-27-13-12-19-39(51)2)55-29-17-23-45-43-21-15-25-49(63(6,7)8)59(43)67-61(45)55/h9-37,50H,1-8H3. The predicted molar refractivity (Wildman–Crippen MR) is 286 cm³/mol. The van der Waals surface area contributed by atoms with E-state index in [9.17, 15) is 0 Å². The average molecular weight is 871 g/mol. The highest BCUT2D eigenvalue weighted by Gasteiger charge is 2.30. The third-order valence-corrected chi connectivity index (χ3v) is 14.2. The van der Waals surface area contributed by atoms with Crippen LogP contribution in [0.2, 0.25) is 0 Å². The molecule has 0 saturated heterocycles. The molecule has 67 heavy (non-hydrogen) atoms. The second-order valence-corrected chi connectivity index (χ2v) is 20.6. The Morgan fingerprint density at radius 3 is 1.49 bits per heavy atom. The number of para-hydroxylation sites is 5. The zero-order valence-electron chi connectivity index (χ0n) is 39.5. The number of fused-ring (bicyclic) bond motifs is 6. The highest BCUT2D eigenvalue weighted by atomic mass is 16.3. The van der Waals surface area contributed by atoms with Crippen LogP contribution in [0.25, 0.3) is 76.2 Å². The molecule has 4 nitrogen and oxygen atoms in total. The summed E-state index contributed by atoms with van der Waals surface area (Å²) in [5.74, 6) is 0. The van der Waals surface area contributed by atoms with Gasteiger partial charge in [-0.05, 0) is 87.7 Å². The molecule has 9 aromatic carbocycles. The van der Waals surface area contributed by atoms with Gasteiger partial charge in [-0.25, -0.2) is 0 Å². The summed E-state index contributed by atoms with van der Waals surface area (Å²) in [6.07, 6.45) is 11.0. The Kier molecular flexibility index (Phi) is 9.15. The van der Waals surface area contributed by atoms with E-state index in [0.717, 1.165) is 72.3 Å². The molecule has 4 heteroatoms. The van der Waals surface area contributed by atoms with Crippen molar-refractivity contribution in [2.75, 3.05) is 9.80 Å². The van der Waals surface area contributed by atoms with Gasteiger partial charge in [0.15, 0.2) is 11.2 Å². The molecule has 0 N–H and O–H groups in total. The van der Waals surface area contributed by atoms with E-state index in [0.29, 0.717) is 0 Å². The van der Waals surface area contributed by atoms with E-state index in [4.69, 9.17) is 8.83 Å². The summed E-state index contributed by atoms with van der Waals surface area (Å²) in [4.78, 5) is 4.94. The second kappa shape index (κ2) is 15.0. The van der Waals surface area contributed by atoms with Crippen LogP contribution in [0, 0.1) is 6.92 Å². The highest BCUT2D eigenvalue weighted by Crippen LogP contribution is 2.51. The minimum absolute atomic E-state index is 0.0791. The van der Waals surface area contributed by atoms with Crippen LogP contribution in [0.1, 0.15) is 65.2 Å². The SMILES string of the molecule is CC1=CC=CC=CC1N(c1ccc2ccc3c(N(c4ccccc4C)c4cccc5c4oc4c(C(C)(C)C)cccc45)ccc4ccc1c2c43)c1cccc2c1oc1c(C(C)(C)C)cccc12. The van der Waals surface area contributed by atoms with Crippen LogP contribution < -0.4 is 9.80 Å². The Bertz CT molecular complexity index is 3880. The highest BCUT2D eigenvalue weighted by molar-refractivity contribution is 6.28. The van der Waals surface area contributed by atoms with E-state index in [1.54, 1.807) is 0 Å². The number of aryl methyl sites for hydroxylation is 1. The minimum atomic E-state index is -0.0870. The lowest BCUT2D eigenvalue weighted by molar-refractivity contribution is 0.572. The van der Waals surface area contributed by atoms with Crippen LogP contribution in [-0.2, 0) is 10.8 Å². The van der Waals surface area contributed by atoms with Gasteiger partial charge in [-0.15, -0.1) is 0 Å². The summed E-state index contributed by atoms with van der Waals surface area (Å²) in [5, 5.41) is 11.8. The van der Waals surface area contributed by atoms with Crippen LogP contribution in [0.4, 0.5) is 28.4 Å². The van der Waals surface area contributed by atoms with Gasteiger partial charge in [-0.3, -0.25) is 0 Å². The van der Waals surface area contributed by atoms with Crippen LogP contribution >= 0.6 is 0 Å². The summed E-state index contributed by atoms with van der Waals surface area (Å²) in [6.45, 7) is 18.0. The van der Waals surface area contributed by atoms with Crippen molar-refractivity contribution in [1.82, 2.24) is 0 Å². The molecule has 2 aromatic heterocycles. The first-order valence-electron chi connectivity index (χ1n) is 23.6. The third-order valence-electron chi connectivity index (χ3n) is 14.2. The molecule has 11 aromatic rings. The van der Waals surface area contributed by atoms with Gasteiger partial charge >= 0.3 is 0 Å². The van der Waals surface area contributed by atoms with Crippen molar-refractivity contribution in [3.05, 3.63) is 198 Å². The number of furan rings is 2. The normalized spacial score (nSPS) is 14.7. The summed E-state index contributed by atoms with van der Waals surface area (Å²) < 4.78 is 14.2. The van der Waals surface area contributed by atoms with E-state index in [1.165, 1.54) is 54.6 Å². The maximum absolute atomic E-state index is 7.12. The number of benzene rings is 9. The van der Waals surface area contributed by atoms with E-state index in [1.807, 2.05) is 0 Å². The molecule has 2 heterocycles. The molecular weight excluding hydrogens is 817 g/mol. The van der Waals surface area contributed by atoms with Crippen molar-refractivity contribution in [2.45, 2.75) is 72.3 Å². The molecule has 1 unspecified atom stereocenters. The minimum Gasteiger partial charge on any atom is -0.454 e. The Balaban J connectivity index is 1.13. The Labute approximate surface area is 392 Å². The summed E-state index contributed by atoms with van der Waals surface area (Å²) in [7, 11) is 0. The fourth-order valence-corrected chi connectivity index (χ4v) is 10.9. The number of rotatable bonds is 6. The number of hydrogen-bond acceptors (Lipinski definition) is 4. The van der Waals surface area contributed by atoms with E-state index in [-0.39, 0.29) is 16.9 Å². The molecule has 0 radical (unpaired) electrons. The van der Waals surface area contributed by atoms with Crippen LogP contribution in [0.3, 0.4) is 0 Å². The maximum Gasteiger partial charge on any atom is 0.159 e. The lowest BCUT2D eigenvalue weighted by Gasteiger charge is -2.34. The van der Waals surface area contributed by atoms with Crippen molar-refractivity contribution in [2.24, 2.45) is 0 Å². The summed E-state index contributed by atoms with van der Waals surface area (Å²) >= 11 is 0. The zero-order valence-corrected chi connectivity index (χ0v) is 39.5. The van der Waals surface area contributed by atoms with Crippen molar-refractivity contribution < 1.29 is 8.83 Å². The van der Waals surface area contributed by atoms with Gasteiger partial charge in [0.2, 0.25) is 0 Å². The van der Waals surface area contributed by atoms with Gasteiger partial charge in [0.25, 0.3) is 0 Å². The first-order chi connectivity index (χ1) is 32.4. The van der Waals surface area contributed by atoms with E-state index < -0.39 is 0 Å². The molecule has 1 aliphatic carbocycles. The third kappa shape index (κ3) is 6.33. The lowest BCUT2D eigenvalue weighted by Crippen LogP contribution is -2.30. The molecule has 0 spiro atoms. The quantitative estimate of drug-likeness (QED) is 0.156. The van der Waals surface area contributed by atoms with Crippen molar-refractivity contribution in [1.29, 1.82) is 0 Å². The summed E-state index contributed by atoms with van der Waals surface area (Å²) in [5.41, 5.74) is 13.7. The zero-order chi connectivity index (χ0) is 45.9. The van der Waals surface area contributed by atoms with E-state index in [2.05, 4.69) is 241 Å². The van der Waals surface area contributed by atoms with Crippen molar-refractivity contribution in [3.63, 3.8) is 0 Å². The molecule has 328 valence electrons. The maximum atomic E-state index is 7.12. The fourth-order valence-electron chi connectivity index (χ4n) is 10.9. The molecule has 0 bridgehead atoms. The smallest absolute Gasteiger partial charge is 0.159 e. The molecule has 0 amide bonds. The number of allylic oxidation sites excluding steroid dienone is 4. The monoisotopic (exact) mass is 870 g/mol. The van der Waals surface area contributed by atoms with Gasteiger partial charge in [0, 0.05) is 49.1 Å². The van der Waals surface area contributed by atoms with E-state index >= 15 is 0 Å².